The molecule has 2 fully saturated rings. The second kappa shape index (κ2) is 6.78. The van der Waals surface area contributed by atoms with Crippen LogP contribution >= 0.6 is 11.8 Å². The Balaban J connectivity index is 1.42. The van der Waals surface area contributed by atoms with E-state index in [-0.39, 0.29) is 0 Å². The van der Waals surface area contributed by atoms with Crippen LogP contribution in [-0.2, 0) is 11.3 Å². The van der Waals surface area contributed by atoms with Gasteiger partial charge in [-0.05, 0) is 49.3 Å². The van der Waals surface area contributed by atoms with Crippen LogP contribution in [0.3, 0.4) is 0 Å². The van der Waals surface area contributed by atoms with E-state index in [0.717, 1.165) is 31.7 Å². The van der Waals surface area contributed by atoms with Crippen molar-refractivity contribution in [1.82, 2.24) is 5.32 Å². The van der Waals surface area contributed by atoms with E-state index in [1.807, 2.05) is 11.8 Å². The summed E-state index contributed by atoms with van der Waals surface area (Å²) in [5.74, 6) is 2.08. The van der Waals surface area contributed by atoms with Crippen molar-refractivity contribution in [3.8, 4) is 0 Å². The lowest BCUT2D eigenvalue weighted by atomic mass is 10.0. The Morgan fingerprint density at radius 1 is 1.05 bits per heavy atom. The molecule has 1 aliphatic carbocycles. The Morgan fingerprint density at radius 3 is 2.47 bits per heavy atom. The van der Waals surface area contributed by atoms with Gasteiger partial charge in [0.1, 0.15) is 0 Å². The fraction of sp³-hybridized carbons (Fsp3) is 0.625. The van der Waals surface area contributed by atoms with Gasteiger partial charge in [-0.1, -0.05) is 12.1 Å². The SMILES string of the molecule is c1cc(SCC2CCOCC2)ccc1CNC1CC1. The molecule has 1 aromatic carbocycles. The molecule has 1 N–H and O–H groups in total. The summed E-state index contributed by atoms with van der Waals surface area (Å²) < 4.78 is 5.40. The molecule has 1 aliphatic heterocycles. The van der Waals surface area contributed by atoms with E-state index in [2.05, 4.69) is 29.6 Å². The number of rotatable bonds is 6. The van der Waals surface area contributed by atoms with Crippen LogP contribution in [0, 0.1) is 5.92 Å². The first kappa shape index (κ1) is 13.5. The molecule has 0 radical (unpaired) electrons. The van der Waals surface area contributed by atoms with Crippen LogP contribution in [0.25, 0.3) is 0 Å². The lowest BCUT2D eigenvalue weighted by molar-refractivity contribution is 0.0728. The Morgan fingerprint density at radius 2 is 1.79 bits per heavy atom. The van der Waals surface area contributed by atoms with Gasteiger partial charge in [-0.25, -0.2) is 0 Å². The zero-order valence-corrected chi connectivity index (χ0v) is 12.3. The van der Waals surface area contributed by atoms with Crippen LogP contribution in [0.4, 0.5) is 0 Å². The molecule has 0 amide bonds. The zero-order chi connectivity index (χ0) is 12.9. The fourth-order valence-electron chi connectivity index (χ4n) is 2.38. The van der Waals surface area contributed by atoms with Gasteiger partial charge in [0.15, 0.2) is 0 Å². The van der Waals surface area contributed by atoms with E-state index in [0.29, 0.717) is 0 Å². The van der Waals surface area contributed by atoms with Crippen molar-refractivity contribution in [2.24, 2.45) is 5.92 Å². The summed E-state index contributed by atoms with van der Waals surface area (Å²) in [4.78, 5) is 1.40. The van der Waals surface area contributed by atoms with Crippen molar-refractivity contribution in [2.45, 2.75) is 43.2 Å². The highest BCUT2D eigenvalue weighted by molar-refractivity contribution is 7.99. The summed E-state index contributed by atoms with van der Waals surface area (Å²) in [6.45, 7) is 2.93. The molecule has 1 aromatic rings. The largest absolute Gasteiger partial charge is 0.381 e. The van der Waals surface area contributed by atoms with Gasteiger partial charge in [-0.15, -0.1) is 11.8 Å². The van der Waals surface area contributed by atoms with Gasteiger partial charge in [0.05, 0.1) is 0 Å². The maximum absolute atomic E-state index is 5.40. The molecule has 0 bridgehead atoms. The van der Waals surface area contributed by atoms with Crippen LogP contribution in [0.2, 0.25) is 0 Å². The fourth-order valence-corrected chi connectivity index (χ4v) is 3.47. The van der Waals surface area contributed by atoms with Crippen molar-refractivity contribution in [3.05, 3.63) is 29.8 Å². The number of ether oxygens (including phenoxy) is 1. The molecule has 1 saturated heterocycles. The predicted molar refractivity (Wildman–Crippen MR) is 80.6 cm³/mol. The van der Waals surface area contributed by atoms with Crippen molar-refractivity contribution in [3.63, 3.8) is 0 Å². The predicted octanol–water partition coefficient (Wildman–Crippen LogP) is 3.46. The number of nitrogens with one attached hydrogen (secondary N) is 1. The maximum atomic E-state index is 5.40. The Labute approximate surface area is 120 Å². The molecule has 0 spiro atoms. The van der Waals surface area contributed by atoms with Gasteiger partial charge in [0.25, 0.3) is 0 Å². The van der Waals surface area contributed by atoms with E-state index in [1.165, 1.54) is 41.9 Å². The molecular formula is C16H23NOS. The van der Waals surface area contributed by atoms with E-state index in [1.54, 1.807) is 0 Å². The highest BCUT2D eigenvalue weighted by Gasteiger charge is 2.19. The molecule has 3 rings (SSSR count). The third-order valence-corrected chi connectivity index (χ3v) is 5.17. The second-order valence-electron chi connectivity index (χ2n) is 5.67. The van der Waals surface area contributed by atoms with Gasteiger partial charge in [0, 0.05) is 36.4 Å². The van der Waals surface area contributed by atoms with Crippen LogP contribution in [-0.4, -0.2) is 25.0 Å². The van der Waals surface area contributed by atoms with E-state index in [4.69, 9.17) is 4.74 Å². The molecule has 104 valence electrons. The van der Waals surface area contributed by atoms with Crippen LogP contribution in [0.15, 0.2) is 29.2 Å². The molecule has 2 aliphatic rings. The average molecular weight is 277 g/mol. The Hall–Kier alpha value is -0.510. The van der Waals surface area contributed by atoms with Crippen LogP contribution in [0.5, 0.6) is 0 Å². The quantitative estimate of drug-likeness (QED) is 0.805. The summed E-state index contributed by atoms with van der Waals surface area (Å²) in [5, 5.41) is 3.56. The highest BCUT2D eigenvalue weighted by atomic mass is 32.2. The monoisotopic (exact) mass is 277 g/mol. The van der Waals surface area contributed by atoms with Gasteiger partial charge in [-0.2, -0.15) is 0 Å². The first-order valence-electron chi connectivity index (χ1n) is 7.43. The lowest BCUT2D eigenvalue weighted by Crippen LogP contribution is -2.17. The lowest BCUT2D eigenvalue weighted by Gasteiger charge is -2.21. The normalized spacial score (nSPS) is 20.6. The van der Waals surface area contributed by atoms with Crippen molar-refractivity contribution in [2.75, 3.05) is 19.0 Å². The number of thioether (sulfide) groups is 1. The number of benzene rings is 1. The number of hydrogen-bond donors (Lipinski definition) is 1. The summed E-state index contributed by atoms with van der Waals surface area (Å²) in [6.07, 6.45) is 5.19. The minimum absolute atomic E-state index is 0.794. The summed E-state index contributed by atoms with van der Waals surface area (Å²) in [5.41, 5.74) is 1.40. The van der Waals surface area contributed by atoms with Crippen LogP contribution < -0.4 is 5.32 Å². The van der Waals surface area contributed by atoms with Gasteiger partial charge < -0.3 is 10.1 Å². The zero-order valence-electron chi connectivity index (χ0n) is 11.4. The molecule has 1 heterocycles. The maximum Gasteiger partial charge on any atom is 0.0468 e. The van der Waals surface area contributed by atoms with Gasteiger partial charge in [0.2, 0.25) is 0 Å². The minimum Gasteiger partial charge on any atom is -0.381 e. The van der Waals surface area contributed by atoms with Gasteiger partial charge >= 0.3 is 0 Å². The van der Waals surface area contributed by atoms with Crippen molar-refractivity contribution >= 4 is 11.8 Å². The first-order valence-corrected chi connectivity index (χ1v) is 8.41. The summed E-state index contributed by atoms with van der Waals surface area (Å²) in [7, 11) is 0. The number of hydrogen-bond acceptors (Lipinski definition) is 3. The third kappa shape index (κ3) is 4.51. The Kier molecular flexibility index (Phi) is 4.81. The minimum atomic E-state index is 0.794. The van der Waals surface area contributed by atoms with Crippen molar-refractivity contribution in [1.29, 1.82) is 0 Å². The van der Waals surface area contributed by atoms with Crippen molar-refractivity contribution < 1.29 is 4.74 Å². The highest BCUT2D eigenvalue weighted by Crippen LogP contribution is 2.26. The third-order valence-electron chi connectivity index (χ3n) is 3.92. The van der Waals surface area contributed by atoms with Gasteiger partial charge in [-0.3, -0.25) is 0 Å². The molecule has 0 atom stereocenters. The summed E-state index contributed by atoms with van der Waals surface area (Å²) >= 11 is 2.00. The topological polar surface area (TPSA) is 21.3 Å². The molecule has 19 heavy (non-hydrogen) atoms. The molecule has 0 unspecified atom stereocenters. The second-order valence-corrected chi connectivity index (χ2v) is 6.76. The average Bonchev–Trinajstić information content (AvgIpc) is 3.29. The molecular weight excluding hydrogens is 254 g/mol. The van der Waals surface area contributed by atoms with E-state index in [9.17, 15) is 0 Å². The molecule has 1 saturated carbocycles. The molecule has 2 nitrogen and oxygen atoms in total. The van der Waals surface area contributed by atoms with Crippen LogP contribution in [0.1, 0.15) is 31.2 Å². The van der Waals surface area contributed by atoms with E-state index < -0.39 is 0 Å². The summed E-state index contributed by atoms with van der Waals surface area (Å²) in [6, 6.07) is 9.87. The smallest absolute Gasteiger partial charge is 0.0468 e. The molecule has 3 heteroatoms. The van der Waals surface area contributed by atoms with E-state index >= 15 is 0 Å². The Bertz CT molecular complexity index is 382. The molecule has 0 aromatic heterocycles. The standard InChI is InChI=1S/C16H23NOS/c1-5-16(19-12-14-7-9-18-10-8-14)6-2-13(1)11-17-15-3-4-15/h1-2,5-6,14-15,17H,3-4,7-12H2. The first-order chi connectivity index (χ1) is 9.40.